The van der Waals surface area contributed by atoms with Gasteiger partial charge in [-0.2, -0.15) is 0 Å². The minimum Gasteiger partial charge on any atom is -0.295 e. The van der Waals surface area contributed by atoms with Gasteiger partial charge in [-0.3, -0.25) is 9.78 Å². The second-order valence-electron chi connectivity index (χ2n) is 3.66. The zero-order valence-electron chi connectivity index (χ0n) is 8.07. The first-order valence-electron chi connectivity index (χ1n) is 4.96. The van der Waals surface area contributed by atoms with Crippen molar-refractivity contribution >= 4 is 5.78 Å². The van der Waals surface area contributed by atoms with Gasteiger partial charge < -0.3 is 0 Å². The molecule has 1 aromatic rings. The molecule has 0 spiro atoms. The minimum absolute atomic E-state index is 0.273. The van der Waals surface area contributed by atoms with E-state index in [1.165, 1.54) is 11.1 Å². The fourth-order valence-corrected chi connectivity index (χ4v) is 1.77. The summed E-state index contributed by atoms with van der Waals surface area (Å²) in [6, 6.07) is 3.98. The third kappa shape index (κ3) is 2.28. The summed E-state index contributed by atoms with van der Waals surface area (Å²) in [5.41, 5.74) is 2.43. The van der Waals surface area contributed by atoms with Crippen molar-refractivity contribution in [2.45, 2.75) is 25.7 Å². The van der Waals surface area contributed by atoms with Gasteiger partial charge in [0.1, 0.15) is 0 Å². The average molecular weight is 187 g/mol. The Balaban J connectivity index is 2.08. The molecule has 0 bridgehead atoms. The topological polar surface area (TPSA) is 30.0 Å². The molecule has 1 aliphatic carbocycles. The van der Waals surface area contributed by atoms with Crippen molar-refractivity contribution in [3.63, 3.8) is 0 Å². The molecule has 0 aromatic carbocycles. The van der Waals surface area contributed by atoms with Crippen molar-refractivity contribution in [2.75, 3.05) is 0 Å². The normalized spacial score (nSPS) is 16.6. The van der Waals surface area contributed by atoms with Crippen molar-refractivity contribution in [2.24, 2.45) is 0 Å². The van der Waals surface area contributed by atoms with Gasteiger partial charge in [0, 0.05) is 18.8 Å². The molecule has 72 valence electrons. The van der Waals surface area contributed by atoms with Crippen LogP contribution in [0.4, 0.5) is 0 Å². The Labute approximate surface area is 83.7 Å². The highest BCUT2D eigenvalue weighted by molar-refractivity contribution is 5.91. The van der Waals surface area contributed by atoms with Gasteiger partial charge in [-0.25, -0.2) is 0 Å². The number of rotatable bonds is 2. The van der Waals surface area contributed by atoms with Crippen LogP contribution < -0.4 is 0 Å². The van der Waals surface area contributed by atoms with Crippen LogP contribution in [0, 0.1) is 0 Å². The summed E-state index contributed by atoms with van der Waals surface area (Å²) in [6.45, 7) is 0. The van der Waals surface area contributed by atoms with Gasteiger partial charge in [-0.15, -0.1) is 0 Å². The van der Waals surface area contributed by atoms with Gasteiger partial charge in [0.15, 0.2) is 5.78 Å². The van der Waals surface area contributed by atoms with E-state index in [0.717, 1.165) is 25.7 Å². The van der Waals surface area contributed by atoms with Gasteiger partial charge in [0.05, 0.1) is 0 Å². The standard InChI is InChI=1S/C12H13NO/c14-12-5-1-3-10(8-12)7-11-4-2-6-13-9-11/h2,4,6,8-9H,1,3,5,7H2. The largest absolute Gasteiger partial charge is 0.295 e. The molecule has 0 unspecified atom stereocenters. The molecule has 14 heavy (non-hydrogen) atoms. The average Bonchev–Trinajstić information content (AvgIpc) is 2.19. The van der Waals surface area contributed by atoms with E-state index in [4.69, 9.17) is 0 Å². The van der Waals surface area contributed by atoms with Crippen LogP contribution in [0.1, 0.15) is 24.8 Å². The molecular weight excluding hydrogens is 174 g/mol. The number of pyridine rings is 1. The van der Waals surface area contributed by atoms with E-state index in [-0.39, 0.29) is 5.78 Å². The second kappa shape index (κ2) is 4.18. The van der Waals surface area contributed by atoms with Crippen LogP contribution in [0.15, 0.2) is 36.2 Å². The molecule has 0 amide bonds. The predicted molar refractivity (Wildman–Crippen MR) is 54.9 cm³/mol. The Morgan fingerprint density at radius 3 is 3.00 bits per heavy atom. The van der Waals surface area contributed by atoms with E-state index >= 15 is 0 Å². The summed E-state index contributed by atoms with van der Waals surface area (Å²) in [7, 11) is 0. The first kappa shape index (κ1) is 9.13. The van der Waals surface area contributed by atoms with Crippen LogP contribution in [-0.2, 0) is 11.2 Å². The molecule has 0 saturated heterocycles. The highest BCUT2D eigenvalue weighted by atomic mass is 16.1. The Hall–Kier alpha value is -1.44. The molecule has 0 N–H and O–H groups in total. The van der Waals surface area contributed by atoms with Gasteiger partial charge in [0.2, 0.25) is 0 Å². The molecule has 0 atom stereocenters. The third-order valence-corrected chi connectivity index (χ3v) is 2.44. The van der Waals surface area contributed by atoms with E-state index < -0.39 is 0 Å². The van der Waals surface area contributed by atoms with Gasteiger partial charge in [-0.1, -0.05) is 11.6 Å². The lowest BCUT2D eigenvalue weighted by Gasteiger charge is -2.11. The highest BCUT2D eigenvalue weighted by Gasteiger charge is 2.09. The Morgan fingerprint density at radius 2 is 2.29 bits per heavy atom. The zero-order valence-corrected chi connectivity index (χ0v) is 8.07. The number of hydrogen-bond acceptors (Lipinski definition) is 2. The molecular formula is C12H13NO. The molecule has 1 heterocycles. The fourth-order valence-electron chi connectivity index (χ4n) is 1.77. The van der Waals surface area contributed by atoms with Crippen LogP contribution >= 0.6 is 0 Å². The van der Waals surface area contributed by atoms with E-state index in [1.54, 1.807) is 12.3 Å². The summed E-state index contributed by atoms with van der Waals surface area (Å²) in [4.78, 5) is 15.2. The number of hydrogen-bond donors (Lipinski definition) is 0. The fraction of sp³-hybridized carbons (Fsp3) is 0.333. The summed E-state index contributed by atoms with van der Waals surface area (Å²) in [5.74, 6) is 0.273. The molecule has 2 nitrogen and oxygen atoms in total. The highest BCUT2D eigenvalue weighted by Crippen LogP contribution is 2.18. The number of ketones is 1. The molecule has 2 heteroatoms. The molecule has 0 aliphatic heterocycles. The van der Waals surface area contributed by atoms with Crippen LogP contribution in [-0.4, -0.2) is 10.8 Å². The Kier molecular flexibility index (Phi) is 2.73. The first-order chi connectivity index (χ1) is 6.84. The maximum atomic E-state index is 11.2. The predicted octanol–water partition coefficient (Wildman–Crippen LogP) is 2.30. The van der Waals surface area contributed by atoms with E-state index in [1.807, 2.05) is 18.3 Å². The lowest BCUT2D eigenvalue weighted by molar-refractivity contribution is -0.115. The van der Waals surface area contributed by atoms with Crippen molar-refractivity contribution in [1.82, 2.24) is 4.98 Å². The Bertz CT molecular complexity index is 354. The quantitative estimate of drug-likeness (QED) is 0.711. The maximum absolute atomic E-state index is 11.2. The summed E-state index contributed by atoms with van der Waals surface area (Å²) in [6.07, 6.45) is 9.09. The van der Waals surface area contributed by atoms with Gasteiger partial charge in [0.25, 0.3) is 0 Å². The van der Waals surface area contributed by atoms with Crippen molar-refractivity contribution < 1.29 is 4.79 Å². The zero-order chi connectivity index (χ0) is 9.80. The first-order valence-corrected chi connectivity index (χ1v) is 4.96. The molecule has 0 radical (unpaired) electrons. The third-order valence-electron chi connectivity index (χ3n) is 2.44. The van der Waals surface area contributed by atoms with Gasteiger partial charge >= 0.3 is 0 Å². The van der Waals surface area contributed by atoms with Crippen LogP contribution in [0.2, 0.25) is 0 Å². The molecule has 0 saturated carbocycles. The van der Waals surface area contributed by atoms with Crippen LogP contribution in [0.25, 0.3) is 0 Å². The van der Waals surface area contributed by atoms with Crippen LogP contribution in [0.5, 0.6) is 0 Å². The van der Waals surface area contributed by atoms with Crippen molar-refractivity contribution in [1.29, 1.82) is 0 Å². The second-order valence-corrected chi connectivity index (χ2v) is 3.66. The number of carbonyl (C=O) groups is 1. The SMILES string of the molecule is O=C1C=C(Cc2cccnc2)CCC1. The number of nitrogens with zero attached hydrogens (tertiary/aromatic N) is 1. The lowest BCUT2D eigenvalue weighted by Crippen LogP contribution is -2.04. The molecule has 1 aromatic heterocycles. The minimum atomic E-state index is 0.273. The summed E-state index contributed by atoms with van der Waals surface area (Å²) < 4.78 is 0. The van der Waals surface area contributed by atoms with Crippen molar-refractivity contribution in [3.05, 3.63) is 41.7 Å². The summed E-state index contributed by atoms with van der Waals surface area (Å²) >= 11 is 0. The smallest absolute Gasteiger partial charge is 0.155 e. The van der Waals surface area contributed by atoms with Crippen molar-refractivity contribution in [3.8, 4) is 0 Å². The van der Waals surface area contributed by atoms with Crippen LogP contribution in [0.3, 0.4) is 0 Å². The molecule has 1 aliphatic rings. The van der Waals surface area contributed by atoms with E-state index in [0.29, 0.717) is 0 Å². The monoisotopic (exact) mass is 187 g/mol. The number of aromatic nitrogens is 1. The van der Waals surface area contributed by atoms with E-state index in [9.17, 15) is 4.79 Å². The molecule has 2 rings (SSSR count). The summed E-state index contributed by atoms with van der Waals surface area (Å²) in [5, 5.41) is 0. The number of allylic oxidation sites excluding steroid dienone is 2. The van der Waals surface area contributed by atoms with E-state index in [2.05, 4.69) is 4.98 Å². The molecule has 0 fully saturated rings. The Morgan fingerprint density at radius 1 is 1.36 bits per heavy atom. The van der Waals surface area contributed by atoms with Gasteiger partial charge in [-0.05, 0) is 37.0 Å². The maximum Gasteiger partial charge on any atom is 0.155 e. The number of carbonyl (C=O) groups excluding carboxylic acids is 1. The lowest BCUT2D eigenvalue weighted by atomic mass is 9.94.